The number of amides is 3. The van der Waals surface area contributed by atoms with Gasteiger partial charge in [-0.1, -0.05) is 64.4 Å². The van der Waals surface area contributed by atoms with Crippen LogP contribution in [-0.4, -0.2) is 53.5 Å². The number of carboxylic acid groups (broad SMARTS) is 1. The fourth-order valence-electron chi connectivity index (χ4n) is 2.83. The first-order valence-electron chi connectivity index (χ1n) is 10.5. The van der Waals surface area contributed by atoms with Crippen LogP contribution in [0.5, 0.6) is 0 Å². The summed E-state index contributed by atoms with van der Waals surface area (Å²) in [4.78, 5) is 48.7. The molecule has 0 spiro atoms. The minimum absolute atomic E-state index is 0.0840. The lowest BCUT2D eigenvalue weighted by atomic mass is 9.97. The Balaban J connectivity index is 2.78. The fraction of sp³-hybridized carbons (Fsp3) is 0.545. The minimum atomic E-state index is -1.17. The van der Waals surface area contributed by atoms with Crippen molar-refractivity contribution in [1.29, 1.82) is 0 Å². The normalized spacial score (nSPS) is 14.8. The smallest absolute Gasteiger partial charge is 0.326 e. The maximum absolute atomic E-state index is 12.8. The maximum atomic E-state index is 12.8. The number of carboxylic acids is 1. The Morgan fingerprint density at radius 1 is 1.00 bits per heavy atom. The van der Waals surface area contributed by atoms with E-state index in [2.05, 4.69) is 16.0 Å². The van der Waals surface area contributed by atoms with Gasteiger partial charge < -0.3 is 26.8 Å². The summed E-state index contributed by atoms with van der Waals surface area (Å²) in [6, 6.07) is 6.14. The van der Waals surface area contributed by atoms with Gasteiger partial charge in [0.2, 0.25) is 17.7 Å². The second-order valence-corrected chi connectivity index (χ2v) is 8.01. The fourth-order valence-corrected chi connectivity index (χ4v) is 2.83. The molecule has 0 aromatic heterocycles. The van der Waals surface area contributed by atoms with Gasteiger partial charge in [0.25, 0.3) is 0 Å². The highest BCUT2D eigenvalue weighted by molar-refractivity contribution is 5.92. The van der Waals surface area contributed by atoms with Gasteiger partial charge in [0.05, 0.1) is 12.6 Å². The van der Waals surface area contributed by atoms with Crippen LogP contribution in [0.1, 0.15) is 39.7 Å². The van der Waals surface area contributed by atoms with E-state index in [0.717, 1.165) is 5.56 Å². The lowest BCUT2D eigenvalue weighted by molar-refractivity contribution is -0.142. The van der Waals surface area contributed by atoms with Crippen molar-refractivity contribution in [2.45, 2.75) is 58.7 Å². The van der Waals surface area contributed by atoms with Gasteiger partial charge in [0, 0.05) is 6.42 Å². The first-order chi connectivity index (χ1) is 14.6. The molecule has 0 saturated carbocycles. The van der Waals surface area contributed by atoms with E-state index in [1.54, 1.807) is 45.0 Å². The van der Waals surface area contributed by atoms with Gasteiger partial charge in [-0.3, -0.25) is 14.4 Å². The van der Waals surface area contributed by atoms with Gasteiger partial charge in [-0.15, -0.1) is 0 Å². The van der Waals surface area contributed by atoms with Gasteiger partial charge in [0.1, 0.15) is 12.1 Å². The second kappa shape index (κ2) is 12.7. The minimum Gasteiger partial charge on any atom is -0.480 e. The standard InChI is InChI=1S/C22H34N4O5/c1-5-14(4)19(26-17(27)12-24-20(28)18(23)13(2)3)21(29)25-16(22(30)31)11-15-9-7-6-8-10-15/h6-10,13-14,16,18-19H,5,11-12,23H2,1-4H3,(H,24,28)(H,25,29)(H,26,27)(H,30,31). The number of hydrogen-bond donors (Lipinski definition) is 5. The summed E-state index contributed by atoms with van der Waals surface area (Å²) in [6.07, 6.45) is 0.700. The van der Waals surface area contributed by atoms with Crippen LogP contribution in [0.3, 0.4) is 0 Å². The molecule has 0 radical (unpaired) electrons. The van der Waals surface area contributed by atoms with E-state index in [1.165, 1.54) is 0 Å². The Labute approximate surface area is 183 Å². The molecule has 0 bridgehead atoms. The number of carbonyl (C=O) groups is 4. The summed E-state index contributed by atoms with van der Waals surface area (Å²) in [6.45, 7) is 6.90. The van der Waals surface area contributed by atoms with Crippen molar-refractivity contribution in [2.24, 2.45) is 17.6 Å². The van der Waals surface area contributed by atoms with Gasteiger partial charge in [-0.2, -0.15) is 0 Å². The molecule has 1 aromatic rings. The van der Waals surface area contributed by atoms with Crippen molar-refractivity contribution in [2.75, 3.05) is 6.54 Å². The predicted octanol–water partition coefficient (Wildman–Crippen LogP) is 0.429. The van der Waals surface area contributed by atoms with E-state index in [0.29, 0.717) is 6.42 Å². The number of nitrogens with two attached hydrogens (primary N) is 1. The Hall–Kier alpha value is -2.94. The molecule has 1 aromatic carbocycles. The molecule has 0 aliphatic heterocycles. The zero-order valence-corrected chi connectivity index (χ0v) is 18.6. The molecule has 1 rings (SSSR count). The molecule has 6 N–H and O–H groups in total. The molecule has 4 atom stereocenters. The van der Waals surface area contributed by atoms with Crippen LogP contribution in [0.25, 0.3) is 0 Å². The highest BCUT2D eigenvalue weighted by Gasteiger charge is 2.30. The Bertz CT molecular complexity index is 754. The van der Waals surface area contributed by atoms with Crippen molar-refractivity contribution >= 4 is 23.7 Å². The summed E-state index contributed by atoms with van der Waals surface area (Å²) in [5.74, 6) is -3.09. The van der Waals surface area contributed by atoms with Crippen molar-refractivity contribution in [3.05, 3.63) is 35.9 Å². The maximum Gasteiger partial charge on any atom is 0.326 e. The van der Waals surface area contributed by atoms with Crippen LogP contribution < -0.4 is 21.7 Å². The molecule has 172 valence electrons. The summed E-state index contributed by atoms with van der Waals surface area (Å²) in [5, 5.41) is 17.1. The van der Waals surface area contributed by atoms with E-state index >= 15 is 0 Å². The van der Waals surface area contributed by atoms with Crippen LogP contribution in [-0.2, 0) is 25.6 Å². The third kappa shape index (κ3) is 8.75. The number of carbonyl (C=O) groups excluding carboxylic acids is 3. The topological polar surface area (TPSA) is 151 Å². The molecule has 9 nitrogen and oxygen atoms in total. The zero-order valence-electron chi connectivity index (χ0n) is 18.6. The molecule has 0 fully saturated rings. The highest BCUT2D eigenvalue weighted by Crippen LogP contribution is 2.10. The van der Waals surface area contributed by atoms with Crippen molar-refractivity contribution in [1.82, 2.24) is 16.0 Å². The van der Waals surface area contributed by atoms with E-state index in [1.807, 2.05) is 13.0 Å². The van der Waals surface area contributed by atoms with Gasteiger partial charge in [0.15, 0.2) is 0 Å². The number of benzene rings is 1. The third-order valence-corrected chi connectivity index (χ3v) is 5.15. The molecule has 0 heterocycles. The third-order valence-electron chi connectivity index (χ3n) is 5.15. The van der Waals surface area contributed by atoms with Crippen LogP contribution in [0.4, 0.5) is 0 Å². The van der Waals surface area contributed by atoms with E-state index < -0.39 is 41.8 Å². The molecule has 9 heteroatoms. The van der Waals surface area contributed by atoms with Gasteiger partial charge in [-0.25, -0.2) is 4.79 Å². The molecule has 31 heavy (non-hydrogen) atoms. The van der Waals surface area contributed by atoms with Crippen LogP contribution in [0, 0.1) is 11.8 Å². The van der Waals surface area contributed by atoms with Crippen LogP contribution in [0.2, 0.25) is 0 Å². The summed E-state index contributed by atoms with van der Waals surface area (Å²) in [7, 11) is 0. The molecule has 4 unspecified atom stereocenters. The lowest BCUT2D eigenvalue weighted by Gasteiger charge is -2.26. The number of aliphatic carboxylic acids is 1. The quantitative estimate of drug-likeness (QED) is 0.322. The average molecular weight is 435 g/mol. The van der Waals surface area contributed by atoms with Crippen molar-refractivity contribution in [3.8, 4) is 0 Å². The summed E-state index contributed by atoms with van der Waals surface area (Å²) < 4.78 is 0. The number of nitrogens with one attached hydrogen (secondary N) is 3. The molecular weight excluding hydrogens is 400 g/mol. The zero-order chi connectivity index (χ0) is 23.6. The molecule has 0 aliphatic carbocycles. The monoisotopic (exact) mass is 434 g/mol. The first-order valence-corrected chi connectivity index (χ1v) is 10.5. The molecule has 0 saturated heterocycles. The average Bonchev–Trinajstić information content (AvgIpc) is 2.74. The van der Waals surface area contributed by atoms with Gasteiger partial charge in [-0.05, 0) is 17.4 Å². The van der Waals surface area contributed by atoms with E-state index in [-0.39, 0.29) is 24.8 Å². The van der Waals surface area contributed by atoms with Crippen molar-refractivity contribution < 1.29 is 24.3 Å². The summed E-state index contributed by atoms with van der Waals surface area (Å²) in [5.41, 5.74) is 6.52. The summed E-state index contributed by atoms with van der Waals surface area (Å²) >= 11 is 0. The number of hydrogen-bond acceptors (Lipinski definition) is 5. The predicted molar refractivity (Wildman–Crippen MR) is 117 cm³/mol. The van der Waals surface area contributed by atoms with Crippen LogP contribution >= 0.6 is 0 Å². The largest absolute Gasteiger partial charge is 0.480 e. The van der Waals surface area contributed by atoms with Crippen LogP contribution in [0.15, 0.2) is 30.3 Å². The Morgan fingerprint density at radius 2 is 1.61 bits per heavy atom. The second-order valence-electron chi connectivity index (χ2n) is 8.01. The van der Waals surface area contributed by atoms with Crippen molar-refractivity contribution in [3.63, 3.8) is 0 Å². The first kappa shape index (κ1) is 26.1. The highest BCUT2D eigenvalue weighted by atomic mass is 16.4. The van der Waals surface area contributed by atoms with Gasteiger partial charge >= 0.3 is 5.97 Å². The SMILES string of the molecule is CCC(C)C(NC(=O)CNC(=O)C(N)C(C)C)C(=O)NC(Cc1ccccc1)C(=O)O. The molecular formula is C22H34N4O5. The van der Waals surface area contributed by atoms with E-state index in [9.17, 15) is 24.3 Å². The molecule has 0 aliphatic rings. The van der Waals surface area contributed by atoms with E-state index in [4.69, 9.17) is 5.73 Å². The molecule has 3 amide bonds. The number of rotatable bonds is 12. The lowest BCUT2D eigenvalue weighted by Crippen LogP contribution is -2.56. The Morgan fingerprint density at radius 3 is 2.13 bits per heavy atom. The Kier molecular flexibility index (Phi) is 10.7.